The highest BCUT2D eigenvalue weighted by molar-refractivity contribution is 5.85. The fraction of sp³-hybridized carbons (Fsp3) is 0.222. The van der Waals surface area contributed by atoms with Crippen molar-refractivity contribution in [3.05, 3.63) is 71.5 Å². The molecule has 0 bridgehead atoms. The predicted molar refractivity (Wildman–Crippen MR) is 86.3 cm³/mol. The number of nitrogens with one attached hydrogen (secondary N) is 2. The van der Waals surface area contributed by atoms with Crippen molar-refractivity contribution in [3.8, 4) is 0 Å². The molecule has 2 rings (SSSR count). The summed E-state index contributed by atoms with van der Waals surface area (Å²) in [6.45, 7) is 0.339. The first-order valence-electron chi connectivity index (χ1n) is 7.45. The molecule has 23 heavy (non-hydrogen) atoms. The second-order valence-electron chi connectivity index (χ2n) is 5.17. The highest BCUT2D eigenvalue weighted by atomic mass is 19.1. The largest absolute Gasteiger partial charge is 0.354 e. The van der Waals surface area contributed by atoms with Crippen molar-refractivity contribution in [2.75, 3.05) is 13.1 Å². The first-order valence-corrected chi connectivity index (χ1v) is 7.45. The highest BCUT2D eigenvalue weighted by Gasteiger charge is 2.06. The maximum atomic E-state index is 13.0. The first kappa shape index (κ1) is 16.7. The Morgan fingerprint density at radius 3 is 2.35 bits per heavy atom. The lowest BCUT2D eigenvalue weighted by atomic mass is 10.1. The minimum atomic E-state index is -0.290. The molecular formula is C18H19FN2O2. The summed E-state index contributed by atoms with van der Waals surface area (Å²) in [6.07, 6.45) is 0.791. The van der Waals surface area contributed by atoms with Gasteiger partial charge in [-0.05, 0) is 29.7 Å². The predicted octanol–water partition coefficient (Wildman–Crippen LogP) is 1.84. The molecule has 2 aromatic rings. The van der Waals surface area contributed by atoms with E-state index in [0.717, 1.165) is 11.1 Å². The summed E-state index contributed by atoms with van der Waals surface area (Å²) in [5.74, 6) is -0.749. The number of amides is 2. The highest BCUT2D eigenvalue weighted by Crippen LogP contribution is 2.03. The van der Waals surface area contributed by atoms with Gasteiger partial charge >= 0.3 is 0 Å². The number of halogens is 1. The van der Waals surface area contributed by atoms with Gasteiger partial charge in [0.05, 0.1) is 13.0 Å². The lowest BCUT2D eigenvalue weighted by Gasteiger charge is -2.07. The third-order valence-electron chi connectivity index (χ3n) is 3.28. The van der Waals surface area contributed by atoms with Gasteiger partial charge in [0.2, 0.25) is 11.8 Å². The first-order chi connectivity index (χ1) is 11.1. The van der Waals surface area contributed by atoms with E-state index in [1.165, 1.54) is 12.1 Å². The van der Waals surface area contributed by atoms with Crippen LogP contribution in [0, 0.1) is 5.82 Å². The fourth-order valence-electron chi connectivity index (χ4n) is 2.12. The molecule has 0 unspecified atom stereocenters. The molecule has 0 spiro atoms. The molecule has 0 fully saturated rings. The fourth-order valence-corrected chi connectivity index (χ4v) is 2.12. The van der Waals surface area contributed by atoms with E-state index in [-0.39, 0.29) is 30.6 Å². The smallest absolute Gasteiger partial charge is 0.239 e. The monoisotopic (exact) mass is 314 g/mol. The second kappa shape index (κ2) is 8.68. The van der Waals surface area contributed by atoms with Crippen molar-refractivity contribution in [3.63, 3.8) is 0 Å². The Hall–Kier alpha value is -2.69. The standard InChI is InChI=1S/C18H19FN2O2/c19-16-8-4-7-15(11-16)9-10-20-18(23)13-21-17(22)12-14-5-2-1-3-6-14/h1-8,11H,9-10,12-13H2,(H,20,23)(H,21,22). The molecule has 120 valence electrons. The zero-order valence-corrected chi connectivity index (χ0v) is 12.7. The van der Waals surface area contributed by atoms with Crippen molar-refractivity contribution in [1.29, 1.82) is 0 Å². The molecule has 2 aromatic carbocycles. The van der Waals surface area contributed by atoms with Gasteiger partial charge < -0.3 is 10.6 Å². The van der Waals surface area contributed by atoms with E-state index in [9.17, 15) is 14.0 Å². The topological polar surface area (TPSA) is 58.2 Å². The maximum Gasteiger partial charge on any atom is 0.239 e. The van der Waals surface area contributed by atoms with Crippen LogP contribution in [0.5, 0.6) is 0 Å². The van der Waals surface area contributed by atoms with Crippen LogP contribution >= 0.6 is 0 Å². The number of carbonyl (C=O) groups excluding carboxylic acids is 2. The molecule has 0 saturated carbocycles. The minimum absolute atomic E-state index is 0.0607. The lowest BCUT2D eigenvalue weighted by Crippen LogP contribution is -2.38. The Kier molecular flexibility index (Phi) is 6.29. The van der Waals surface area contributed by atoms with E-state index in [0.29, 0.717) is 13.0 Å². The molecule has 0 radical (unpaired) electrons. The van der Waals surface area contributed by atoms with Crippen molar-refractivity contribution >= 4 is 11.8 Å². The molecule has 0 aromatic heterocycles. The van der Waals surface area contributed by atoms with Gasteiger partial charge in [-0.1, -0.05) is 42.5 Å². The summed E-state index contributed by atoms with van der Waals surface area (Å²) in [6, 6.07) is 15.6. The molecule has 0 heterocycles. The van der Waals surface area contributed by atoms with E-state index in [2.05, 4.69) is 10.6 Å². The van der Waals surface area contributed by atoms with Crippen molar-refractivity contribution < 1.29 is 14.0 Å². The molecule has 0 aliphatic rings. The van der Waals surface area contributed by atoms with Gasteiger partial charge in [0.25, 0.3) is 0 Å². The molecule has 2 amide bonds. The molecule has 4 nitrogen and oxygen atoms in total. The van der Waals surface area contributed by atoms with Crippen LogP contribution in [-0.4, -0.2) is 24.9 Å². The third-order valence-corrected chi connectivity index (χ3v) is 3.28. The van der Waals surface area contributed by atoms with E-state index in [4.69, 9.17) is 0 Å². The van der Waals surface area contributed by atoms with Gasteiger partial charge in [0.15, 0.2) is 0 Å². The number of rotatable bonds is 7. The Morgan fingerprint density at radius 2 is 1.61 bits per heavy atom. The van der Waals surface area contributed by atoms with Gasteiger partial charge in [-0.3, -0.25) is 9.59 Å². The molecule has 0 aliphatic carbocycles. The summed E-state index contributed by atoms with van der Waals surface area (Å²) < 4.78 is 13.0. The van der Waals surface area contributed by atoms with E-state index >= 15 is 0 Å². The van der Waals surface area contributed by atoms with Gasteiger partial charge in [-0.25, -0.2) is 4.39 Å². The molecule has 0 saturated heterocycles. The van der Waals surface area contributed by atoms with Crippen LogP contribution in [0.15, 0.2) is 54.6 Å². The zero-order valence-electron chi connectivity index (χ0n) is 12.7. The number of benzene rings is 2. The normalized spacial score (nSPS) is 10.1. The van der Waals surface area contributed by atoms with Crippen LogP contribution < -0.4 is 10.6 Å². The van der Waals surface area contributed by atoms with Crippen LogP contribution in [0.2, 0.25) is 0 Å². The number of carbonyl (C=O) groups is 2. The molecule has 0 aliphatic heterocycles. The average molecular weight is 314 g/mol. The SMILES string of the molecule is O=C(CNC(=O)Cc1ccccc1)NCCc1cccc(F)c1. The van der Waals surface area contributed by atoms with Crippen LogP contribution in [0.1, 0.15) is 11.1 Å². The van der Waals surface area contributed by atoms with Crippen LogP contribution in [0.4, 0.5) is 4.39 Å². The molecular weight excluding hydrogens is 295 g/mol. The second-order valence-corrected chi connectivity index (χ2v) is 5.17. The van der Waals surface area contributed by atoms with Gasteiger partial charge in [0.1, 0.15) is 5.82 Å². The van der Waals surface area contributed by atoms with Gasteiger partial charge in [-0.15, -0.1) is 0 Å². The number of hydrogen-bond donors (Lipinski definition) is 2. The Bertz CT molecular complexity index is 659. The number of hydrogen-bond acceptors (Lipinski definition) is 2. The molecule has 2 N–H and O–H groups in total. The van der Waals surface area contributed by atoms with E-state index in [1.807, 2.05) is 30.3 Å². The average Bonchev–Trinajstić information content (AvgIpc) is 2.54. The Labute approximate surface area is 134 Å². The minimum Gasteiger partial charge on any atom is -0.354 e. The summed E-state index contributed by atoms with van der Waals surface area (Å²) in [5, 5.41) is 5.27. The Morgan fingerprint density at radius 1 is 0.870 bits per heavy atom. The van der Waals surface area contributed by atoms with Crippen molar-refractivity contribution in [2.45, 2.75) is 12.8 Å². The van der Waals surface area contributed by atoms with E-state index in [1.54, 1.807) is 12.1 Å². The lowest BCUT2D eigenvalue weighted by molar-refractivity contribution is -0.125. The van der Waals surface area contributed by atoms with Crippen molar-refractivity contribution in [2.24, 2.45) is 0 Å². The third kappa shape index (κ3) is 6.30. The van der Waals surface area contributed by atoms with Crippen LogP contribution in [0.3, 0.4) is 0 Å². The zero-order chi connectivity index (χ0) is 16.5. The van der Waals surface area contributed by atoms with Crippen LogP contribution in [0.25, 0.3) is 0 Å². The van der Waals surface area contributed by atoms with Crippen molar-refractivity contribution in [1.82, 2.24) is 10.6 Å². The summed E-state index contributed by atoms with van der Waals surface area (Å²) in [4.78, 5) is 23.4. The van der Waals surface area contributed by atoms with Crippen LogP contribution in [-0.2, 0) is 22.4 Å². The quantitative estimate of drug-likeness (QED) is 0.819. The molecule has 0 atom stereocenters. The summed E-state index contributed by atoms with van der Waals surface area (Å²) in [7, 11) is 0. The summed E-state index contributed by atoms with van der Waals surface area (Å²) in [5.41, 5.74) is 1.72. The van der Waals surface area contributed by atoms with E-state index < -0.39 is 0 Å². The van der Waals surface area contributed by atoms with Gasteiger partial charge in [0, 0.05) is 6.54 Å². The summed E-state index contributed by atoms with van der Waals surface area (Å²) >= 11 is 0. The maximum absolute atomic E-state index is 13.0. The Balaban J connectivity index is 1.64. The van der Waals surface area contributed by atoms with Gasteiger partial charge in [-0.2, -0.15) is 0 Å². The molecule has 5 heteroatoms.